The molecule has 144 valence electrons. The van der Waals surface area contributed by atoms with E-state index in [0.29, 0.717) is 19.2 Å². The minimum absolute atomic E-state index is 0.101. The number of benzene rings is 2. The monoisotopic (exact) mass is 366 g/mol. The Balaban J connectivity index is 1.91. The molecule has 0 heterocycles. The van der Waals surface area contributed by atoms with Gasteiger partial charge in [-0.1, -0.05) is 36.4 Å². The van der Waals surface area contributed by atoms with Gasteiger partial charge >= 0.3 is 0 Å². The van der Waals surface area contributed by atoms with E-state index in [1.807, 2.05) is 49.4 Å². The Hall–Kier alpha value is -2.59. The fourth-order valence-corrected chi connectivity index (χ4v) is 2.59. The SMILES string of the molecule is CCOc1ccc(/C=C/C(=O)NCc2ccccc2CN(C)C(C)C)cc1. The normalized spacial score (nSPS) is 11.3. The first-order chi connectivity index (χ1) is 13.0. The van der Waals surface area contributed by atoms with Gasteiger partial charge in [-0.2, -0.15) is 0 Å². The third-order valence-electron chi connectivity index (χ3n) is 4.49. The summed E-state index contributed by atoms with van der Waals surface area (Å²) >= 11 is 0. The van der Waals surface area contributed by atoms with Crippen molar-refractivity contribution in [3.63, 3.8) is 0 Å². The number of carbonyl (C=O) groups excluding carboxylic acids is 1. The average Bonchev–Trinajstić information content (AvgIpc) is 2.67. The van der Waals surface area contributed by atoms with Crippen LogP contribution in [0.2, 0.25) is 0 Å². The first kappa shape index (κ1) is 20.7. The maximum Gasteiger partial charge on any atom is 0.244 e. The molecule has 27 heavy (non-hydrogen) atoms. The first-order valence-electron chi connectivity index (χ1n) is 9.45. The molecule has 0 saturated carbocycles. The highest BCUT2D eigenvalue weighted by Crippen LogP contribution is 2.14. The number of amides is 1. The molecular weight excluding hydrogens is 336 g/mol. The zero-order valence-electron chi connectivity index (χ0n) is 16.7. The second kappa shape index (κ2) is 10.5. The van der Waals surface area contributed by atoms with Gasteiger partial charge in [-0.3, -0.25) is 9.69 Å². The summed E-state index contributed by atoms with van der Waals surface area (Å²) in [5.41, 5.74) is 3.35. The van der Waals surface area contributed by atoms with E-state index in [4.69, 9.17) is 4.74 Å². The average molecular weight is 367 g/mol. The van der Waals surface area contributed by atoms with Gasteiger partial charge < -0.3 is 10.1 Å². The maximum atomic E-state index is 12.2. The lowest BCUT2D eigenvalue weighted by Crippen LogP contribution is -2.27. The molecule has 0 radical (unpaired) electrons. The molecule has 0 atom stereocenters. The Kier molecular flexibility index (Phi) is 8.08. The van der Waals surface area contributed by atoms with Gasteiger partial charge in [0.2, 0.25) is 5.91 Å². The highest BCUT2D eigenvalue weighted by molar-refractivity contribution is 5.91. The van der Waals surface area contributed by atoms with Crippen LogP contribution < -0.4 is 10.1 Å². The van der Waals surface area contributed by atoms with E-state index in [-0.39, 0.29) is 5.91 Å². The molecule has 1 amide bonds. The second-order valence-electron chi connectivity index (χ2n) is 6.83. The van der Waals surface area contributed by atoms with Gasteiger partial charge in [0.15, 0.2) is 0 Å². The number of hydrogen-bond acceptors (Lipinski definition) is 3. The third kappa shape index (κ3) is 6.91. The van der Waals surface area contributed by atoms with Crippen LogP contribution in [0.15, 0.2) is 54.6 Å². The van der Waals surface area contributed by atoms with E-state index in [2.05, 4.69) is 43.2 Å². The summed E-state index contributed by atoms with van der Waals surface area (Å²) in [7, 11) is 2.11. The molecule has 0 bridgehead atoms. The molecule has 2 rings (SSSR count). The van der Waals surface area contributed by atoms with Crippen molar-refractivity contribution in [2.45, 2.75) is 39.9 Å². The Morgan fingerprint density at radius 3 is 2.41 bits per heavy atom. The predicted molar refractivity (Wildman–Crippen MR) is 112 cm³/mol. The number of nitrogens with zero attached hydrogens (tertiary/aromatic N) is 1. The molecule has 0 aromatic heterocycles. The number of hydrogen-bond donors (Lipinski definition) is 1. The van der Waals surface area contributed by atoms with Crippen LogP contribution in [0.4, 0.5) is 0 Å². The molecule has 0 aliphatic rings. The van der Waals surface area contributed by atoms with Gasteiger partial charge in [0, 0.05) is 25.2 Å². The molecule has 2 aromatic rings. The summed E-state index contributed by atoms with van der Waals surface area (Å²) in [6.45, 7) is 8.34. The predicted octanol–water partition coefficient (Wildman–Crippen LogP) is 4.26. The van der Waals surface area contributed by atoms with E-state index >= 15 is 0 Å². The van der Waals surface area contributed by atoms with Crippen molar-refractivity contribution in [2.75, 3.05) is 13.7 Å². The molecule has 1 N–H and O–H groups in total. The van der Waals surface area contributed by atoms with Crippen molar-refractivity contribution in [1.29, 1.82) is 0 Å². The minimum atomic E-state index is -0.101. The topological polar surface area (TPSA) is 41.6 Å². The number of ether oxygens (including phenoxy) is 1. The molecule has 0 aliphatic heterocycles. The van der Waals surface area contributed by atoms with Crippen molar-refractivity contribution in [3.8, 4) is 5.75 Å². The highest BCUT2D eigenvalue weighted by Gasteiger charge is 2.08. The molecule has 4 heteroatoms. The van der Waals surface area contributed by atoms with E-state index in [9.17, 15) is 4.79 Å². The molecule has 0 unspecified atom stereocenters. The lowest BCUT2D eigenvalue weighted by atomic mass is 10.1. The second-order valence-corrected chi connectivity index (χ2v) is 6.83. The summed E-state index contributed by atoms with van der Waals surface area (Å²) in [6, 6.07) is 16.4. The van der Waals surface area contributed by atoms with Gasteiger partial charge in [0.25, 0.3) is 0 Å². The van der Waals surface area contributed by atoms with Gasteiger partial charge in [0.05, 0.1) is 6.61 Å². The van der Waals surface area contributed by atoms with Gasteiger partial charge in [-0.05, 0) is 62.7 Å². The largest absolute Gasteiger partial charge is 0.494 e. The Morgan fingerprint density at radius 2 is 1.78 bits per heavy atom. The van der Waals surface area contributed by atoms with Crippen LogP contribution in [-0.2, 0) is 17.9 Å². The van der Waals surface area contributed by atoms with Crippen LogP contribution in [0.3, 0.4) is 0 Å². The zero-order chi connectivity index (χ0) is 19.6. The van der Waals surface area contributed by atoms with Gasteiger partial charge in [0.1, 0.15) is 5.75 Å². The summed E-state index contributed by atoms with van der Waals surface area (Å²) < 4.78 is 5.42. The van der Waals surface area contributed by atoms with E-state index in [0.717, 1.165) is 23.4 Å². The maximum absolute atomic E-state index is 12.2. The number of rotatable bonds is 9. The molecule has 4 nitrogen and oxygen atoms in total. The fourth-order valence-electron chi connectivity index (χ4n) is 2.59. The summed E-state index contributed by atoms with van der Waals surface area (Å²) in [4.78, 5) is 14.5. The molecule has 2 aromatic carbocycles. The van der Waals surface area contributed by atoms with Crippen molar-refractivity contribution in [2.24, 2.45) is 0 Å². The van der Waals surface area contributed by atoms with E-state index < -0.39 is 0 Å². The van der Waals surface area contributed by atoms with Gasteiger partial charge in [-0.25, -0.2) is 0 Å². The Morgan fingerprint density at radius 1 is 1.11 bits per heavy atom. The van der Waals surface area contributed by atoms with Crippen molar-refractivity contribution in [3.05, 3.63) is 71.3 Å². The van der Waals surface area contributed by atoms with Crippen LogP contribution in [0, 0.1) is 0 Å². The molecule has 0 fully saturated rings. The standard InChI is InChI=1S/C23H30N2O2/c1-5-27-22-13-10-19(11-14-22)12-15-23(26)24-16-20-8-6-7-9-21(20)17-25(4)18(2)3/h6-15,18H,5,16-17H2,1-4H3,(H,24,26)/b15-12+. The zero-order valence-corrected chi connectivity index (χ0v) is 16.7. The number of nitrogens with one attached hydrogen (secondary N) is 1. The van der Waals surface area contributed by atoms with Crippen molar-refractivity contribution < 1.29 is 9.53 Å². The number of carbonyl (C=O) groups is 1. The lowest BCUT2D eigenvalue weighted by Gasteiger charge is -2.22. The first-order valence-corrected chi connectivity index (χ1v) is 9.45. The molecule has 0 aliphatic carbocycles. The Labute approximate surface area is 162 Å². The quantitative estimate of drug-likeness (QED) is 0.675. The highest BCUT2D eigenvalue weighted by atomic mass is 16.5. The van der Waals surface area contributed by atoms with Crippen molar-refractivity contribution in [1.82, 2.24) is 10.2 Å². The van der Waals surface area contributed by atoms with Crippen LogP contribution in [0.25, 0.3) is 6.08 Å². The fraction of sp³-hybridized carbons (Fsp3) is 0.348. The molecule has 0 saturated heterocycles. The van der Waals surface area contributed by atoms with Gasteiger partial charge in [-0.15, -0.1) is 0 Å². The molecular formula is C23H30N2O2. The summed E-state index contributed by atoms with van der Waals surface area (Å²) in [6.07, 6.45) is 3.38. The van der Waals surface area contributed by atoms with Crippen LogP contribution in [0.1, 0.15) is 37.5 Å². The smallest absolute Gasteiger partial charge is 0.244 e. The third-order valence-corrected chi connectivity index (χ3v) is 4.49. The van der Waals surface area contributed by atoms with E-state index in [1.54, 1.807) is 6.08 Å². The summed E-state index contributed by atoms with van der Waals surface area (Å²) in [5.74, 6) is 0.734. The van der Waals surface area contributed by atoms with E-state index in [1.165, 1.54) is 5.56 Å². The van der Waals surface area contributed by atoms with Crippen LogP contribution in [0.5, 0.6) is 5.75 Å². The van der Waals surface area contributed by atoms with Crippen molar-refractivity contribution >= 4 is 12.0 Å². The summed E-state index contributed by atoms with van der Waals surface area (Å²) in [5, 5.41) is 2.97. The van der Waals surface area contributed by atoms with Crippen LogP contribution in [-0.4, -0.2) is 30.5 Å². The lowest BCUT2D eigenvalue weighted by molar-refractivity contribution is -0.116. The Bertz CT molecular complexity index is 751. The minimum Gasteiger partial charge on any atom is -0.494 e. The van der Waals surface area contributed by atoms with Crippen LogP contribution >= 0.6 is 0 Å². The molecule has 0 spiro atoms.